The highest BCUT2D eigenvalue weighted by Crippen LogP contribution is 2.24. The van der Waals surface area contributed by atoms with Gasteiger partial charge in [-0.05, 0) is 17.5 Å². The summed E-state index contributed by atoms with van der Waals surface area (Å²) in [6.07, 6.45) is 0. The molecular formula is C13H11NOS. The quantitative estimate of drug-likeness (QED) is 0.747. The van der Waals surface area contributed by atoms with Gasteiger partial charge in [-0.3, -0.25) is 4.79 Å². The van der Waals surface area contributed by atoms with Crippen molar-refractivity contribution in [2.24, 2.45) is 0 Å². The Labute approximate surface area is 98.3 Å². The molecule has 0 unspecified atom stereocenters. The lowest BCUT2D eigenvalue weighted by Gasteiger charge is -1.90. The fourth-order valence-electron chi connectivity index (χ4n) is 1.34. The molecular weight excluding hydrogens is 218 g/mol. The van der Waals surface area contributed by atoms with E-state index >= 15 is 0 Å². The van der Waals surface area contributed by atoms with Gasteiger partial charge in [0.05, 0.1) is 11.4 Å². The zero-order chi connectivity index (χ0) is 11.4. The Morgan fingerprint density at radius 2 is 2.25 bits per heavy atom. The zero-order valence-corrected chi connectivity index (χ0v) is 9.73. The van der Waals surface area contributed by atoms with Crippen molar-refractivity contribution in [2.45, 2.75) is 6.92 Å². The summed E-state index contributed by atoms with van der Waals surface area (Å²) in [4.78, 5) is 11.7. The highest BCUT2D eigenvalue weighted by atomic mass is 32.1. The van der Waals surface area contributed by atoms with Crippen molar-refractivity contribution in [3.05, 3.63) is 35.2 Å². The lowest BCUT2D eigenvalue weighted by Crippen LogP contribution is -2.19. The average Bonchev–Trinajstić information content (AvgIpc) is 2.66. The number of hydrogen-bond donors (Lipinski definition) is 1. The number of benzene rings is 1. The summed E-state index contributed by atoms with van der Waals surface area (Å²) in [5, 5.41) is 3.86. The van der Waals surface area contributed by atoms with Crippen LogP contribution in [0.5, 0.6) is 0 Å². The van der Waals surface area contributed by atoms with Crippen LogP contribution in [0.2, 0.25) is 0 Å². The van der Waals surface area contributed by atoms with Crippen molar-refractivity contribution in [3.63, 3.8) is 0 Å². The SMILES string of the molecule is CC(=O)NCC#Cc1cc2ccccc2s1. The van der Waals surface area contributed by atoms with Crippen molar-refractivity contribution in [3.8, 4) is 11.8 Å². The molecule has 0 aliphatic carbocycles. The normalized spacial score (nSPS) is 9.56. The zero-order valence-electron chi connectivity index (χ0n) is 8.91. The van der Waals surface area contributed by atoms with Gasteiger partial charge >= 0.3 is 0 Å². The van der Waals surface area contributed by atoms with E-state index in [2.05, 4.69) is 35.4 Å². The Bertz CT molecular complexity index is 541. The smallest absolute Gasteiger partial charge is 0.217 e. The summed E-state index contributed by atoms with van der Waals surface area (Å²) in [5.41, 5.74) is 0. The molecule has 2 aromatic rings. The number of amides is 1. The van der Waals surface area contributed by atoms with E-state index in [1.165, 1.54) is 17.0 Å². The van der Waals surface area contributed by atoms with Crippen LogP contribution in [0.3, 0.4) is 0 Å². The summed E-state index contributed by atoms with van der Waals surface area (Å²) in [6.45, 7) is 1.89. The van der Waals surface area contributed by atoms with Gasteiger partial charge in [-0.1, -0.05) is 30.0 Å². The fourth-order valence-corrected chi connectivity index (χ4v) is 2.28. The summed E-state index contributed by atoms with van der Waals surface area (Å²) in [5.74, 6) is 5.92. The molecule has 0 aliphatic rings. The lowest BCUT2D eigenvalue weighted by molar-refractivity contribution is -0.118. The van der Waals surface area contributed by atoms with Gasteiger partial charge in [0.15, 0.2) is 0 Å². The molecule has 3 heteroatoms. The second-order valence-corrected chi connectivity index (χ2v) is 4.44. The molecule has 1 aromatic carbocycles. The Morgan fingerprint density at radius 3 is 3.00 bits per heavy atom. The third-order valence-electron chi connectivity index (χ3n) is 2.06. The van der Waals surface area contributed by atoms with Crippen molar-refractivity contribution in [1.29, 1.82) is 0 Å². The minimum atomic E-state index is -0.0503. The molecule has 0 fully saturated rings. The van der Waals surface area contributed by atoms with E-state index in [4.69, 9.17) is 0 Å². The minimum absolute atomic E-state index is 0.0503. The molecule has 0 bridgehead atoms. The standard InChI is InChI=1S/C13H11NOS/c1-10(15)14-8-4-6-12-9-11-5-2-3-7-13(11)16-12/h2-3,5,7,9H,8H2,1H3,(H,14,15). The Morgan fingerprint density at radius 1 is 1.44 bits per heavy atom. The summed E-state index contributed by atoms with van der Waals surface area (Å²) in [6, 6.07) is 10.3. The highest BCUT2D eigenvalue weighted by molar-refractivity contribution is 7.19. The van der Waals surface area contributed by atoms with Crippen LogP contribution in [0, 0.1) is 11.8 Å². The maximum Gasteiger partial charge on any atom is 0.217 e. The van der Waals surface area contributed by atoms with Crippen molar-refractivity contribution in [1.82, 2.24) is 5.32 Å². The molecule has 0 saturated carbocycles. The molecule has 1 N–H and O–H groups in total. The number of nitrogens with one attached hydrogen (secondary N) is 1. The van der Waals surface area contributed by atoms with Crippen molar-refractivity contribution in [2.75, 3.05) is 6.54 Å². The Hall–Kier alpha value is -1.79. The molecule has 0 radical (unpaired) electrons. The van der Waals surface area contributed by atoms with Crippen LogP contribution in [-0.4, -0.2) is 12.5 Å². The van der Waals surface area contributed by atoms with Gasteiger partial charge in [0, 0.05) is 11.6 Å². The van der Waals surface area contributed by atoms with E-state index in [-0.39, 0.29) is 5.91 Å². The lowest BCUT2D eigenvalue weighted by atomic mass is 10.2. The first kappa shape index (κ1) is 10.7. The first-order valence-electron chi connectivity index (χ1n) is 4.97. The molecule has 2 rings (SSSR count). The predicted molar refractivity (Wildman–Crippen MR) is 67.4 cm³/mol. The topological polar surface area (TPSA) is 29.1 Å². The van der Waals surface area contributed by atoms with Crippen LogP contribution in [-0.2, 0) is 4.79 Å². The average molecular weight is 229 g/mol. The molecule has 2 nitrogen and oxygen atoms in total. The van der Waals surface area contributed by atoms with Crippen LogP contribution in [0.15, 0.2) is 30.3 Å². The van der Waals surface area contributed by atoms with E-state index in [1.54, 1.807) is 11.3 Å². The maximum atomic E-state index is 10.6. The molecule has 0 saturated heterocycles. The molecule has 0 atom stereocenters. The first-order valence-corrected chi connectivity index (χ1v) is 5.79. The second kappa shape index (κ2) is 4.82. The molecule has 0 spiro atoms. The number of carbonyl (C=O) groups is 1. The predicted octanol–water partition coefficient (Wildman–Crippen LogP) is 2.39. The first-order chi connectivity index (χ1) is 7.75. The number of carbonyl (C=O) groups excluding carboxylic acids is 1. The van der Waals surface area contributed by atoms with E-state index in [1.807, 2.05) is 12.1 Å². The number of hydrogen-bond acceptors (Lipinski definition) is 2. The summed E-state index contributed by atoms with van der Waals surface area (Å²) in [7, 11) is 0. The van der Waals surface area contributed by atoms with Gasteiger partial charge in [-0.2, -0.15) is 0 Å². The van der Waals surface area contributed by atoms with E-state index in [0.717, 1.165) is 4.88 Å². The molecule has 1 aromatic heterocycles. The van der Waals surface area contributed by atoms with Crippen LogP contribution in [0.4, 0.5) is 0 Å². The maximum absolute atomic E-state index is 10.6. The third kappa shape index (κ3) is 2.62. The monoisotopic (exact) mass is 229 g/mol. The number of rotatable bonds is 1. The van der Waals surface area contributed by atoms with E-state index in [0.29, 0.717) is 6.54 Å². The van der Waals surface area contributed by atoms with Crippen molar-refractivity contribution >= 4 is 27.3 Å². The highest BCUT2D eigenvalue weighted by Gasteiger charge is 1.96. The van der Waals surface area contributed by atoms with Crippen molar-refractivity contribution < 1.29 is 4.79 Å². The second-order valence-electron chi connectivity index (χ2n) is 3.36. The fraction of sp³-hybridized carbons (Fsp3) is 0.154. The largest absolute Gasteiger partial charge is 0.345 e. The Kier molecular flexibility index (Phi) is 3.23. The molecule has 80 valence electrons. The summed E-state index contributed by atoms with van der Waals surface area (Å²) < 4.78 is 1.24. The van der Waals surface area contributed by atoms with Crippen LogP contribution in [0.25, 0.3) is 10.1 Å². The van der Waals surface area contributed by atoms with E-state index in [9.17, 15) is 4.79 Å². The van der Waals surface area contributed by atoms with Crippen LogP contribution >= 0.6 is 11.3 Å². The van der Waals surface area contributed by atoms with Gasteiger partial charge in [0.1, 0.15) is 0 Å². The molecule has 16 heavy (non-hydrogen) atoms. The molecule has 1 amide bonds. The van der Waals surface area contributed by atoms with Crippen LogP contribution in [0.1, 0.15) is 11.8 Å². The molecule has 0 aliphatic heterocycles. The summed E-state index contributed by atoms with van der Waals surface area (Å²) >= 11 is 1.67. The van der Waals surface area contributed by atoms with Crippen LogP contribution < -0.4 is 5.32 Å². The Balaban J connectivity index is 2.12. The van der Waals surface area contributed by atoms with Gasteiger partial charge < -0.3 is 5.32 Å². The number of thiophene rings is 1. The van der Waals surface area contributed by atoms with Gasteiger partial charge in [-0.25, -0.2) is 0 Å². The minimum Gasteiger partial charge on any atom is -0.345 e. The third-order valence-corrected chi connectivity index (χ3v) is 3.09. The van der Waals surface area contributed by atoms with E-state index < -0.39 is 0 Å². The van der Waals surface area contributed by atoms with Gasteiger partial charge in [0.25, 0.3) is 0 Å². The van der Waals surface area contributed by atoms with Gasteiger partial charge in [-0.15, -0.1) is 11.3 Å². The van der Waals surface area contributed by atoms with Gasteiger partial charge in [0.2, 0.25) is 5.91 Å². The molecule has 1 heterocycles. The number of fused-ring (bicyclic) bond motifs is 1.